The standard InChI is InChI=1S/C16H16BrF2N/c1-10-5-3-4-6-12(10)11(2)20-9-13-15(18)8-7-14(17)16(13)19/h3-8,11,20H,9H2,1-2H3/t11-/m0/s1. The highest BCUT2D eigenvalue weighted by Crippen LogP contribution is 2.23. The van der Waals surface area contributed by atoms with E-state index in [1.54, 1.807) is 0 Å². The van der Waals surface area contributed by atoms with E-state index in [2.05, 4.69) is 21.2 Å². The van der Waals surface area contributed by atoms with Gasteiger partial charge in [0.15, 0.2) is 0 Å². The molecule has 2 aromatic rings. The maximum atomic E-state index is 13.9. The third-order valence-electron chi connectivity index (χ3n) is 3.38. The van der Waals surface area contributed by atoms with Crippen LogP contribution in [0.3, 0.4) is 0 Å². The molecule has 0 amide bonds. The van der Waals surface area contributed by atoms with Gasteiger partial charge < -0.3 is 5.32 Å². The van der Waals surface area contributed by atoms with Crippen LogP contribution in [-0.4, -0.2) is 0 Å². The van der Waals surface area contributed by atoms with Gasteiger partial charge in [0, 0.05) is 18.2 Å². The van der Waals surface area contributed by atoms with Crippen LogP contribution in [0.15, 0.2) is 40.9 Å². The summed E-state index contributed by atoms with van der Waals surface area (Å²) < 4.78 is 27.8. The molecule has 1 nitrogen and oxygen atoms in total. The van der Waals surface area contributed by atoms with Crippen LogP contribution in [0.5, 0.6) is 0 Å². The van der Waals surface area contributed by atoms with Crippen molar-refractivity contribution in [2.24, 2.45) is 0 Å². The summed E-state index contributed by atoms with van der Waals surface area (Å²) in [4.78, 5) is 0. The summed E-state index contributed by atoms with van der Waals surface area (Å²) >= 11 is 3.07. The lowest BCUT2D eigenvalue weighted by Gasteiger charge is -2.17. The first-order valence-corrected chi connectivity index (χ1v) is 7.21. The minimum Gasteiger partial charge on any atom is -0.306 e. The fourth-order valence-electron chi connectivity index (χ4n) is 2.17. The number of aryl methyl sites for hydroxylation is 1. The van der Waals surface area contributed by atoms with Gasteiger partial charge in [-0.15, -0.1) is 0 Å². The summed E-state index contributed by atoms with van der Waals surface area (Å²) in [5.74, 6) is -1.08. The van der Waals surface area contributed by atoms with Gasteiger partial charge >= 0.3 is 0 Å². The lowest BCUT2D eigenvalue weighted by molar-refractivity contribution is 0.506. The Morgan fingerprint density at radius 2 is 1.85 bits per heavy atom. The molecule has 2 aromatic carbocycles. The fraction of sp³-hybridized carbons (Fsp3) is 0.250. The van der Waals surface area contributed by atoms with E-state index in [4.69, 9.17) is 0 Å². The van der Waals surface area contributed by atoms with E-state index in [0.717, 1.165) is 11.1 Å². The highest BCUT2D eigenvalue weighted by molar-refractivity contribution is 9.10. The Labute approximate surface area is 126 Å². The van der Waals surface area contributed by atoms with E-state index < -0.39 is 11.6 Å². The average molecular weight is 340 g/mol. The Bertz CT molecular complexity index is 613. The SMILES string of the molecule is Cc1ccccc1[C@H](C)NCc1c(F)ccc(Br)c1F. The largest absolute Gasteiger partial charge is 0.306 e. The topological polar surface area (TPSA) is 12.0 Å². The summed E-state index contributed by atoms with van der Waals surface area (Å²) in [5, 5.41) is 3.16. The van der Waals surface area contributed by atoms with Gasteiger partial charge in [0.05, 0.1) is 4.47 Å². The number of nitrogens with one attached hydrogen (secondary N) is 1. The molecule has 0 saturated heterocycles. The van der Waals surface area contributed by atoms with E-state index in [1.807, 2.05) is 38.1 Å². The number of hydrogen-bond acceptors (Lipinski definition) is 1. The second-order valence-corrected chi connectivity index (χ2v) is 5.64. The summed E-state index contributed by atoms with van der Waals surface area (Å²) in [5.41, 5.74) is 2.34. The molecule has 0 bridgehead atoms. The lowest BCUT2D eigenvalue weighted by Crippen LogP contribution is -2.20. The van der Waals surface area contributed by atoms with E-state index in [1.165, 1.54) is 12.1 Å². The van der Waals surface area contributed by atoms with Crippen LogP contribution in [0.1, 0.15) is 29.7 Å². The third kappa shape index (κ3) is 3.25. The highest BCUT2D eigenvalue weighted by Gasteiger charge is 2.14. The molecule has 0 aliphatic heterocycles. The molecule has 1 atom stereocenters. The van der Waals surface area contributed by atoms with Gasteiger partial charge in [0.2, 0.25) is 0 Å². The first kappa shape index (κ1) is 15.1. The molecule has 0 spiro atoms. The molecular formula is C16H16BrF2N. The average Bonchev–Trinajstić information content (AvgIpc) is 2.43. The Balaban J connectivity index is 2.14. The number of benzene rings is 2. The molecule has 0 heterocycles. The van der Waals surface area contributed by atoms with Crippen molar-refractivity contribution in [3.05, 3.63) is 69.2 Å². The molecule has 0 saturated carbocycles. The smallest absolute Gasteiger partial charge is 0.144 e. The van der Waals surface area contributed by atoms with Crippen LogP contribution >= 0.6 is 15.9 Å². The molecule has 0 aliphatic carbocycles. The number of hydrogen-bond donors (Lipinski definition) is 1. The zero-order valence-corrected chi connectivity index (χ0v) is 13.0. The van der Waals surface area contributed by atoms with Crippen molar-refractivity contribution in [1.82, 2.24) is 5.32 Å². The van der Waals surface area contributed by atoms with Gasteiger partial charge in [0.25, 0.3) is 0 Å². The summed E-state index contributed by atoms with van der Waals surface area (Å²) in [6.07, 6.45) is 0. The molecule has 4 heteroatoms. The van der Waals surface area contributed by atoms with Crippen molar-refractivity contribution in [1.29, 1.82) is 0 Å². The molecule has 0 unspecified atom stereocenters. The van der Waals surface area contributed by atoms with Crippen LogP contribution < -0.4 is 5.32 Å². The maximum absolute atomic E-state index is 13.9. The molecular weight excluding hydrogens is 324 g/mol. The molecule has 20 heavy (non-hydrogen) atoms. The molecule has 0 fully saturated rings. The van der Waals surface area contributed by atoms with Crippen LogP contribution in [0.2, 0.25) is 0 Å². The highest BCUT2D eigenvalue weighted by atomic mass is 79.9. The Morgan fingerprint density at radius 3 is 2.55 bits per heavy atom. The molecule has 0 aliphatic rings. The van der Waals surface area contributed by atoms with Gasteiger partial charge in [-0.3, -0.25) is 0 Å². The van der Waals surface area contributed by atoms with E-state index in [-0.39, 0.29) is 22.6 Å². The molecule has 0 aromatic heterocycles. The first-order chi connectivity index (χ1) is 9.50. The number of halogens is 3. The summed E-state index contributed by atoms with van der Waals surface area (Å²) in [7, 11) is 0. The van der Waals surface area contributed by atoms with Crippen LogP contribution in [0.4, 0.5) is 8.78 Å². The monoisotopic (exact) mass is 339 g/mol. The van der Waals surface area contributed by atoms with Crippen molar-refractivity contribution >= 4 is 15.9 Å². The summed E-state index contributed by atoms with van der Waals surface area (Å²) in [6, 6.07) is 10.6. The predicted octanol–water partition coefficient (Wildman–Crippen LogP) is 4.89. The molecule has 106 valence electrons. The van der Waals surface area contributed by atoms with Gasteiger partial charge in [-0.1, -0.05) is 24.3 Å². The molecule has 1 N–H and O–H groups in total. The molecule has 2 rings (SSSR count). The zero-order chi connectivity index (χ0) is 14.7. The third-order valence-corrected chi connectivity index (χ3v) is 3.99. The fourth-order valence-corrected chi connectivity index (χ4v) is 2.54. The van der Waals surface area contributed by atoms with Crippen molar-refractivity contribution < 1.29 is 8.78 Å². The van der Waals surface area contributed by atoms with Gasteiger partial charge in [0.1, 0.15) is 11.6 Å². The van der Waals surface area contributed by atoms with E-state index >= 15 is 0 Å². The lowest BCUT2D eigenvalue weighted by atomic mass is 10.0. The minimum absolute atomic E-state index is 0.0222. The van der Waals surface area contributed by atoms with E-state index in [0.29, 0.717) is 0 Å². The quantitative estimate of drug-likeness (QED) is 0.782. The van der Waals surface area contributed by atoms with Gasteiger partial charge in [-0.05, 0) is 53.0 Å². The maximum Gasteiger partial charge on any atom is 0.144 e. The van der Waals surface area contributed by atoms with Crippen LogP contribution in [-0.2, 0) is 6.54 Å². The van der Waals surface area contributed by atoms with Crippen LogP contribution in [0.25, 0.3) is 0 Å². The van der Waals surface area contributed by atoms with Crippen LogP contribution in [0, 0.1) is 18.6 Å². The predicted molar refractivity (Wildman–Crippen MR) is 80.5 cm³/mol. The van der Waals surface area contributed by atoms with Crippen molar-refractivity contribution in [2.75, 3.05) is 0 Å². The summed E-state index contributed by atoms with van der Waals surface area (Å²) in [6.45, 7) is 4.15. The molecule has 0 radical (unpaired) electrons. The Kier molecular flexibility index (Phi) is 4.89. The van der Waals surface area contributed by atoms with Crippen molar-refractivity contribution in [3.63, 3.8) is 0 Å². The van der Waals surface area contributed by atoms with Gasteiger partial charge in [-0.25, -0.2) is 8.78 Å². The van der Waals surface area contributed by atoms with E-state index in [9.17, 15) is 8.78 Å². The minimum atomic E-state index is -0.547. The zero-order valence-electron chi connectivity index (χ0n) is 11.4. The Morgan fingerprint density at radius 1 is 1.15 bits per heavy atom. The van der Waals surface area contributed by atoms with Crippen molar-refractivity contribution in [2.45, 2.75) is 26.4 Å². The van der Waals surface area contributed by atoms with Crippen molar-refractivity contribution in [3.8, 4) is 0 Å². The second-order valence-electron chi connectivity index (χ2n) is 4.78. The van der Waals surface area contributed by atoms with Gasteiger partial charge in [-0.2, -0.15) is 0 Å². The number of rotatable bonds is 4. The first-order valence-electron chi connectivity index (χ1n) is 6.42. The Hall–Kier alpha value is -1.26. The normalized spacial score (nSPS) is 12.4. The second kappa shape index (κ2) is 6.46.